The van der Waals surface area contributed by atoms with Crippen LogP contribution in [0.1, 0.15) is 0 Å². The standard InChI is InChI=1S/C16H11FN6OS2/c17-10-4-3-5-11(8-10)18-15-20-21-16(26-15)25-9-23-14(24)12-6-1-2-7-13(12)19-22-23/h1-8H,9H2,(H,18,20). The Morgan fingerprint density at radius 3 is 2.88 bits per heavy atom. The highest BCUT2D eigenvalue weighted by molar-refractivity contribution is 8.00. The summed E-state index contributed by atoms with van der Waals surface area (Å²) in [5.74, 6) is -0.0611. The van der Waals surface area contributed by atoms with Crippen LogP contribution in [0.4, 0.5) is 15.2 Å². The maximum Gasteiger partial charge on any atom is 0.278 e. The van der Waals surface area contributed by atoms with Crippen LogP contribution < -0.4 is 10.9 Å². The maximum atomic E-state index is 13.2. The van der Waals surface area contributed by atoms with Gasteiger partial charge in [0.25, 0.3) is 5.56 Å². The van der Waals surface area contributed by atoms with Crippen molar-refractivity contribution in [2.45, 2.75) is 10.2 Å². The Labute approximate surface area is 154 Å². The van der Waals surface area contributed by atoms with Crippen molar-refractivity contribution in [1.29, 1.82) is 0 Å². The molecule has 0 spiro atoms. The molecule has 7 nitrogen and oxygen atoms in total. The molecule has 4 rings (SSSR count). The second-order valence-electron chi connectivity index (χ2n) is 5.19. The fourth-order valence-electron chi connectivity index (χ4n) is 2.23. The summed E-state index contributed by atoms with van der Waals surface area (Å²) < 4.78 is 15.2. The number of rotatable bonds is 5. The number of hydrogen-bond donors (Lipinski definition) is 1. The Morgan fingerprint density at radius 2 is 2.00 bits per heavy atom. The Balaban J connectivity index is 1.47. The molecule has 2 aromatic heterocycles. The SMILES string of the molecule is O=c1c2ccccc2nnn1CSc1nnc(Nc2cccc(F)c2)s1. The third kappa shape index (κ3) is 3.55. The Bertz CT molecular complexity index is 1130. The highest BCUT2D eigenvalue weighted by Gasteiger charge is 2.09. The first kappa shape index (κ1) is 16.6. The monoisotopic (exact) mass is 386 g/mol. The average molecular weight is 386 g/mol. The van der Waals surface area contributed by atoms with E-state index in [0.29, 0.717) is 26.1 Å². The predicted octanol–water partition coefficient (Wildman–Crippen LogP) is 3.28. The topological polar surface area (TPSA) is 85.6 Å². The van der Waals surface area contributed by atoms with Crippen LogP contribution in [0.25, 0.3) is 10.9 Å². The molecule has 0 amide bonds. The fraction of sp³-hybridized carbons (Fsp3) is 0.0625. The van der Waals surface area contributed by atoms with Crippen molar-refractivity contribution in [2.75, 3.05) is 5.32 Å². The number of thioether (sulfide) groups is 1. The van der Waals surface area contributed by atoms with Gasteiger partial charge in [-0.1, -0.05) is 46.5 Å². The Kier molecular flexibility index (Phi) is 4.59. The van der Waals surface area contributed by atoms with Gasteiger partial charge in [-0.2, -0.15) is 4.68 Å². The minimum Gasteiger partial charge on any atom is -0.330 e. The van der Waals surface area contributed by atoms with Crippen molar-refractivity contribution < 1.29 is 4.39 Å². The fourth-order valence-corrected chi connectivity index (χ4v) is 3.86. The van der Waals surface area contributed by atoms with E-state index in [-0.39, 0.29) is 17.3 Å². The van der Waals surface area contributed by atoms with E-state index in [1.807, 2.05) is 6.07 Å². The van der Waals surface area contributed by atoms with Gasteiger partial charge in [0.15, 0.2) is 4.34 Å². The van der Waals surface area contributed by atoms with Gasteiger partial charge in [0.2, 0.25) is 5.13 Å². The van der Waals surface area contributed by atoms with Crippen molar-refractivity contribution in [2.24, 2.45) is 0 Å². The lowest BCUT2D eigenvalue weighted by Crippen LogP contribution is -2.23. The number of fused-ring (bicyclic) bond motifs is 1. The predicted molar refractivity (Wildman–Crippen MR) is 99.2 cm³/mol. The first-order valence-electron chi connectivity index (χ1n) is 7.50. The van der Waals surface area contributed by atoms with Gasteiger partial charge < -0.3 is 5.32 Å². The zero-order valence-corrected chi connectivity index (χ0v) is 14.8. The molecular weight excluding hydrogens is 375 g/mol. The largest absolute Gasteiger partial charge is 0.330 e. The summed E-state index contributed by atoms with van der Waals surface area (Å²) in [7, 11) is 0. The van der Waals surface area contributed by atoms with Crippen LogP contribution in [0.3, 0.4) is 0 Å². The first-order chi connectivity index (χ1) is 12.7. The molecule has 0 bridgehead atoms. The minimum absolute atomic E-state index is 0.203. The van der Waals surface area contributed by atoms with Crippen molar-refractivity contribution in [3.63, 3.8) is 0 Å². The molecule has 1 N–H and O–H groups in total. The molecule has 0 aliphatic rings. The summed E-state index contributed by atoms with van der Waals surface area (Å²) in [6.45, 7) is 0. The number of halogens is 1. The second kappa shape index (κ2) is 7.18. The molecule has 0 aliphatic carbocycles. The Morgan fingerprint density at radius 1 is 1.12 bits per heavy atom. The maximum absolute atomic E-state index is 13.2. The van der Waals surface area contributed by atoms with Gasteiger partial charge >= 0.3 is 0 Å². The number of nitrogens with zero attached hydrogens (tertiary/aromatic N) is 5. The van der Waals surface area contributed by atoms with Gasteiger partial charge in [-0.25, -0.2) is 4.39 Å². The Hall–Kier alpha value is -2.85. The lowest BCUT2D eigenvalue weighted by molar-refractivity contribution is 0.628. The van der Waals surface area contributed by atoms with E-state index in [1.54, 1.807) is 30.3 Å². The molecule has 26 heavy (non-hydrogen) atoms. The van der Waals surface area contributed by atoms with Crippen molar-refractivity contribution in [3.8, 4) is 0 Å². The van der Waals surface area contributed by atoms with Crippen molar-refractivity contribution >= 4 is 44.8 Å². The van der Waals surface area contributed by atoms with E-state index < -0.39 is 0 Å². The molecule has 0 radical (unpaired) electrons. The third-order valence-corrected chi connectivity index (χ3v) is 5.36. The molecular formula is C16H11FN6OS2. The van der Waals surface area contributed by atoms with E-state index in [0.717, 1.165) is 0 Å². The summed E-state index contributed by atoms with van der Waals surface area (Å²) in [4.78, 5) is 12.4. The smallest absolute Gasteiger partial charge is 0.278 e. The molecule has 0 fully saturated rings. The number of aromatic nitrogens is 5. The summed E-state index contributed by atoms with van der Waals surface area (Å²) in [6, 6.07) is 13.2. The molecule has 0 saturated heterocycles. The molecule has 0 saturated carbocycles. The quantitative estimate of drug-likeness (QED) is 0.527. The molecule has 2 aromatic carbocycles. The van der Waals surface area contributed by atoms with Gasteiger partial charge in [0, 0.05) is 5.69 Å². The van der Waals surface area contributed by atoms with Crippen LogP contribution in [-0.2, 0) is 5.88 Å². The molecule has 4 aromatic rings. The van der Waals surface area contributed by atoms with Crippen LogP contribution in [0, 0.1) is 5.82 Å². The molecule has 0 unspecified atom stereocenters. The van der Waals surface area contributed by atoms with Gasteiger partial charge in [-0.05, 0) is 30.3 Å². The second-order valence-corrected chi connectivity index (χ2v) is 7.36. The summed E-state index contributed by atoms with van der Waals surface area (Å²) in [6.07, 6.45) is 0. The van der Waals surface area contributed by atoms with Crippen LogP contribution in [0.5, 0.6) is 0 Å². The average Bonchev–Trinajstić information content (AvgIpc) is 3.09. The highest BCUT2D eigenvalue weighted by Crippen LogP contribution is 2.28. The van der Waals surface area contributed by atoms with Crippen LogP contribution in [0.15, 0.2) is 57.7 Å². The minimum atomic E-state index is -0.330. The molecule has 10 heteroatoms. The van der Waals surface area contributed by atoms with Gasteiger partial charge in [0.1, 0.15) is 11.3 Å². The third-order valence-electron chi connectivity index (χ3n) is 3.42. The van der Waals surface area contributed by atoms with Crippen molar-refractivity contribution in [3.05, 3.63) is 64.7 Å². The van der Waals surface area contributed by atoms with E-state index in [1.165, 1.54) is 39.9 Å². The number of nitrogens with one attached hydrogen (secondary N) is 1. The summed E-state index contributed by atoms with van der Waals surface area (Å²) >= 11 is 2.63. The highest BCUT2D eigenvalue weighted by atomic mass is 32.2. The number of benzene rings is 2. The van der Waals surface area contributed by atoms with Gasteiger partial charge in [-0.15, -0.1) is 15.3 Å². The van der Waals surface area contributed by atoms with Crippen LogP contribution in [-0.4, -0.2) is 25.2 Å². The van der Waals surface area contributed by atoms with Gasteiger partial charge in [0.05, 0.1) is 11.3 Å². The van der Waals surface area contributed by atoms with Crippen molar-refractivity contribution in [1.82, 2.24) is 25.2 Å². The normalized spacial score (nSPS) is 11.0. The van der Waals surface area contributed by atoms with E-state index in [2.05, 4.69) is 25.8 Å². The zero-order chi connectivity index (χ0) is 17.9. The summed E-state index contributed by atoms with van der Waals surface area (Å²) in [5, 5.41) is 20.1. The van der Waals surface area contributed by atoms with E-state index in [9.17, 15) is 9.18 Å². The van der Waals surface area contributed by atoms with Crippen LogP contribution >= 0.6 is 23.1 Å². The molecule has 0 atom stereocenters. The lowest BCUT2D eigenvalue weighted by Gasteiger charge is -2.02. The van der Waals surface area contributed by atoms with Crippen LogP contribution in [0.2, 0.25) is 0 Å². The molecule has 130 valence electrons. The lowest BCUT2D eigenvalue weighted by atomic mass is 10.2. The molecule has 2 heterocycles. The zero-order valence-electron chi connectivity index (χ0n) is 13.2. The number of anilines is 2. The number of hydrogen-bond acceptors (Lipinski definition) is 8. The first-order valence-corrected chi connectivity index (χ1v) is 9.31. The van der Waals surface area contributed by atoms with E-state index in [4.69, 9.17) is 0 Å². The molecule has 0 aliphatic heterocycles. The van der Waals surface area contributed by atoms with E-state index >= 15 is 0 Å². The van der Waals surface area contributed by atoms with Gasteiger partial charge in [-0.3, -0.25) is 4.79 Å². The summed E-state index contributed by atoms with van der Waals surface area (Å²) in [5.41, 5.74) is 0.955.